The van der Waals surface area contributed by atoms with Gasteiger partial charge >= 0.3 is 6.03 Å². The number of benzene rings is 1. The van der Waals surface area contributed by atoms with E-state index in [9.17, 15) is 13.2 Å². The molecule has 0 saturated carbocycles. The second-order valence-corrected chi connectivity index (χ2v) is 6.31. The number of aryl methyl sites for hydroxylation is 2. The number of urea groups is 1. The van der Waals surface area contributed by atoms with Crippen molar-refractivity contribution in [2.24, 2.45) is 0 Å². The van der Waals surface area contributed by atoms with Crippen LogP contribution in [0.4, 0.5) is 10.5 Å². The zero-order valence-electron chi connectivity index (χ0n) is 11.6. The summed E-state index contributed by atoms with van der Waals surface area (Å²) in [4.78, 5) is 15.7. The van der Waals surface area contributed by atoms with E-state index in [-0.39, 0.29) is 4.90 Å². The maximum atomic E-state index is 12.0. The molecule has 1 aromatic carbocycles. The van der Waals surface area contributed by atoms with E-state index >= 15 is 0 Å². The molecule has 0 radical (unpaired) electrons. The Morgan fingerprint density at radius 2 is 1.71 bits per heavy atom. The van der Waals surface area contributed by atoms with E-state index in [0.29, 0.717) is 5.69 Å². The van der Waals surface area contributed by atoms with E-state index in [4.69, 9.17) is 0 Å². The number of sulfonamides is 1. The Balaban J connectivity index is 2.09. The molecule has 0 bridgehead atoms. The molecule has 7 heteroatoms. The van der Waals surface area contributed by atoms with Gasteiger partial charge in [0.1, 0.15) is 0 Å². The Morgan fingerprint density at radius 3 is 2.33 bits per heavy atom. The zero-order chi connectivity index (χ0) is 15.5. The molecule has 2 rings (SSSR count). The highest BCUT2D eigenvalue weighted by molar-refractivity contribution is 7.90. The highest BCUT2D eigenvalue weighted by atomic mass is 32.2. The summed E-state index contributed by atoms with van der Waals surface area (Å²) in [6.07, 6.45) is 3.07. The van der Waals surface area contributed by atoms with E-state index in [0.717, 1.165) is 11.1 Å². The van der Waals surface area contributed by atoms with Gasteiger partial charge in [-0.15, -0.1) is 0 Å². The fraction of sp³-hybridized carbons (Fsp3) is 0.143. The average molecular weight is 305 g/mol. The lowest BCUT2D eigenvalue weighted by Crippen LogP contribution is -2.34. The minimum atomic E-state index is -3.89. The van der Waals surface area contributed by atoms with Crippen LogP contribution < -0.4 is 10.0 Å². The van der Waals surface area contributed by atoms with Gasteiger partial charge in [-0.2, -0.15) is 0 Å². The molecule has 6 nitrogen and oxygen atoms in total. The Morgan fingerprint density at radius 1 is 1.05 bits per heavy atom. The Bertz CT molecular complexity index is 755. The second-order valence-electron chi connectivity index (χ2n) is 4.62. The highest BCUT2D eigenvalue weighted by Gasteiger charge is 2.17. The van der Waals surface area contributed by atoms with Gasteiger partial charge in [0.25, 0.3) is 10.0 Å². The number of hydrogen-bond donors (Lipinski definition) is 2. The SMILES string of the molecule is Cc1ccc(S(=O)(=O)NC(=O)Nc2cncc(C)c2)cc1. The third-order valence-electron chi connectivity index (χ3n) is 2.69. The Hall–Kier alpha value is -2.41. The van der Waals surface area contributed by atoms with Crippen molar-refractivity contribution in [2.75, 3.05) is 5.32 Å². The summed E-state index contributed by atoms with van der Waals surface area (Å²) >= 11 is 0. The summed E-state index contributed by atoms with van der Waals surface area (Å²) in [7, 11) is -3.89. The van der Waals surface area contributed by atoms with Crippen LogP contribution in [-0.4, -0.2) is 19.4 Å². The lowest BCUT2D eigenvalue weighted by molar-refractivity contribution is 0.256. The first kappa shape index (κ1) is 15.0. The molecule has 2 N–H and O–H groups in total. The average Bonchev–Trinajstić information content (AvgIpc) is 2.38. The van der Waals surface area contributed by atoms with Crippen molar-refractivity contribution in [3.63, 3.8) is 0 Å². The third kappa shape index (κ3) is 4.03. The number of anilines is 1. The van der Waals surface area contributed by atoms with Crippen LogP contribution in [0, 0.1) is 13.8 Å². The summed E-state index contributed by atoms with van der Waals surface area (Å²) in [5, 5.41) is 2.43. The van der Waals surface area contributed by atoms with Crippen LogP contribution in [-0.2, 0) is 10.0 Å². The van der Waals surface area contributed by atoms with Gasteiger partial charge in [-0.3, -0.25) is 4.98 Å². The quantitative estimate of drug-likeness (QED) is 0.910. The number of hydrogen-bond acceptors (Lipinski definition) is 4. The van der Waals surface area contributed by atoms with Gasteiger partial charge in [0.05, 0.1) is 16.8 Å². The lowest BCUT2D eigenvalue weighted by Gasteiger charge is -2.09. The van der Waals surface area contributed by atoms with Gasteiger partial charge < -0.3 is 5.32 Å². The minimum absolute atomic E-state index is 0.0330. The molecule has 0 aliphatic carbocycles. The summed E-state index contributed by atoms with van der Waals surface area (Å²) in [5.74, 6) is 0. The Kier molecular flexibility index (Phi) is 4.23. The summed E-state index contributed by atoms with van der Waals surface area (Å²) < 4.78 is 26.0. The number of pyridine rings is 1. The molecule has 2 amide bonds. The summed E-state index contributed by atoms with van der Waals surface area (Å²) in [6, 6.07) is 7.07. The van der Waals surface area contributed by atoms with Crippen LogP contribution in [0.3, 0.4) is 0 Å². The van der Waals surface area contributed by atoms with Crippen molar-refractivity contribution in [1.29, 1.82) is 0 Å². The number of carbonyl (C=O) groups is 1. The van der Waals surface area contributed by atoms with Crippen LogP contribution in [0.15, 0.2) is 47.6 Å². The van der Waals surface area contributed by atoms with Gasteiger partial charge in [-0.25, -0.2) is 17.9 Å². The van der Waals surface area contributed by atoms with Crippen LogP contribution in [0.25, 0.3) is 0 Å². The highest BCUT2D eigenvalue weighted by Crippen LogP contribution is 2.11. The van der Waals surface area contributed by atoms with E-state index in [1.165, 1.54) is 18.3 Å². The molecule has 0 spiro atoms. The molecule has 110 valence electrons. The minimum Gasteiger partial charge on any atom is -0.306 e. The molecule has 0 atom stereocenters. The molecule has 1 heterocycles. The zero-order valence-corrected chi connectivity index (χ0v) is 12.4. The van der Waals surface area contributed by atoms with Crippen LogP contribution >= 0.6 is 0 Å². The van der Waals surface area contributed by atoms with Gasteiger partial charge in [-0.05, 0) is 37.6 Å². The molecular formula is C14H15N3O3S. The van der Waals surface area contributed by atoms with Crippen LogP contribution in [0.1, 0.15) is 11.1 Å². The molecule has 21 heavy (non-hydrogen) atoms. The fourth-order valence-electron chi connectivity index (χ4n) is 1.68. The molecule has 2 aromatic rings. The fourth-order valence-corrected chi connectivity index (χ4v) is 2.59. The smallest absolute Gasteiger partial charge is 0.306 e. The van der Waals surface area contributed by atoms with Gasteiger partial charge in [0.15, 0.2) is 0 Å². The van der Waals surface area contributed by atoms with E-state index < -0.39 is 16.1 Å². The lowest BCUT2D eigenvalue weighted by atomic mass is 10.2. The molecule has 0 fully saturated rings. The maximum absolute atomic E-state index is 12.0. The van der Waals surface area contributed by atoms with Crippen molar-refractivity contribution in [1.82, 2.24) is 9.71 Å². The first-order valence-corrected chi connectivity index (χ1v) is 7.67. The van der Waals surface area contributed by atoms with Crippen LogP contribution in [0.5, 0.6) is 0 Å². The normalized spacial score (nSPS) is 11.0. The first-order chi connectivity index (χ1) is 9.87. The van der Waals surface area contributed by atoms with Crippen molar-refractivity contribution in [3.05, 3.63) is 53.9 Å². The molecule has 1 aromatic heterocycles. The van der Waals surface area contributed by atoms with E-state index in [2.05, 4.69) is 10.3 Å². The van der Waals surface area contributed by atoms with Crippen molar-refractivity contribution < 1.29 is 13.2 Å². The Labute approximate surface area is 123 Å². The molecule has 0 aliphatic heterocycles. The number of nitrogens with zero attached hydrogens (tertiary/aromatic N) is 1. The monoisotopic (exact) mass is 305 g/mol. The standard InChI is InChI=1S/C14H15N3O3S/c1-10-3-5-13(6-4-10)21(19,20)17-14(18)16-12-7-11(2)8-15-9-12/h3-9H,1-2H3,(H2,16,17,18). The van der Waals surface area contributed by atoms with Crippen molar-refractivity contribution in [2.45, 2.75) is 18.7 Å². The van der Waals surface area contributed by atoms with Crippen LogP contribution in [0.2, 0.25) is 0 Å². The number of aromatic nitrogens is 1. The predicted octanol–water partition coefficient (Wildman–Crippen LogP) is 2.21. The number of nitrogens with one attached hydrogen (secondary N) is 2. The molecule has 0 aliphatic rings. The molecular weight excluding hydrogens is 290 g/mol. The number of amides is 2. The van der Waals surface area contributed by atoms with Gasteiger partial charge in [-0.1, -0.05) is 17.7 Å². The second kappa shape index (κ2) is 5.92. The number of carbonyl (C=O) groups excluding carboxylic acids is 1. The third-order valence-corrected chi connectivity index (χ3v) is 4.04. The summed E-state index contributed by atoms with van der Waals surface area (Å²) in [5.41, 5.74) is 2.21. The van der Waals surface area contributed by atoms with E-state index in [1.807, 2.05) is 18.6 Å². The largest absolute Gasteiger partial charge is 0.333 e. The molecule has 0 unspecified atom stereocenters. The maximum Gasteiger partial charge on any atom is 0.333 e. The summed E-state index contributed by atoms with van der Waals surface area (Å²) in [6.45, 7) is 3.67. The van der Waals surface area contributed by atoms with E-state index in [1.54, 1.807) is 24.4 Å². The van der Waals surface area contributed by atoms with Gasteiger partial charge in [0, 0.05) is 6.20 Å². The number of rotatable bonds is 3. The van der Waals surface area contributed by atoms with Crippen molar-refractivity contribution >= 4 is 21.7 Å². The first-order valence-electron chi connectivity index (χ1n) is 6.19. The topological polar surface area (TPSA) is 88.2 Å². The van der Waals surface area contributed by atoms with Crippen molar-refractivity contribution in [3.8, 4) is 0 Å². The predicted molar refractivity (Wildman–Crippen MR) is 79.5 cm³/mol. The molecule has 0 saturated heterocycles. The van der Waals surface area contributed by atoms with Gasteiger partial charge in [0.2, 0.25) is 0 Å².